The van der Waals surface area contributed by atoms with Crippen molar-refractivity contribution < 1.29 is 4.74 Å². The molecule has 2 aromatic heterocycles. The zero-order chi connectivity index (χ0) is 20.7. The number of aryl methyl sites for hydroxylation is 2. The van der Waals surface area contributed by atoms with Gasteiger partial charge in [0, 0.05) is 20.5 Å². The fraction of sp³-hybridized carbons (Fsp3) is 0.217. The van der Waals surface area contributed by atoms with E-state index in [9.17, 15) is 4.79 Å². The summed E-state index contributed by atoms with van der Waals surface area (Å²) in [5.74, 6) is 1.15. The minimum atomic E-state index is -0.0788. The molecule has 7 heteroatoms. The minimum absolute atomic E-state index is 0.0788. The third-order valence-corrected chi connectivity index (χ3v) is 7.14. The smallest absolute Gasteiger partial charge is 0.260 e. The van der Waals surface area contributed by atoms with Crippen molar-refractivity contribution in [2.75, 3.05) is 0 Å². The number of nitrogens with zero attached hydrogens (tertiary/aromatic N) is 1. The Balaban J connectivity index is 1.52. The van der Waals surface area contributed by atoms with Crippen LogP contribution in [-0.4, -0.2) is 9.97 Å². The molecule has 0 saturated carbocycles. The van der Waals surface area contributed by atoms with Gasteiger partial charge in [-0.3, -0.25) is 4.79 Å². The summed E-state index contributed by atoms with van der Waals surface area (Å²) < 4.78 is 6.05. The fourth-order valence-corrected chi connectivity index (χ4v) is 5.60. The average Bonchev–Trinajstić information content (AvgIpc) is 3.12. The predicted octanol–water partition coefficient (Wildman–Crippen LogP) is 6.42. The number of ether oxygens (including phenoxy) is 1. The number of H-pyrrole nitrogens is 1. The van der Waals surface area contributed by atoms with Crippen molar-refractivity contribution in [2.24, 2.45) is 0 Å². The van der Waals surface area contributed by atoms with E-state index in [1.807, 2.05) is 30.3 Å². The topological polar surface area (TPSA) is 55.0 Å². The summed E-state index contributed by atoms with van der Waals surface area (Å²) in [5, 5.41) is 1.89. The maximum absolute atomic E-state index is 12.9. The van der Waals surface area contributed by atoms with Crippen LogP contribution in [0, 0.1) is 0 Å². The van der Waals surface area contributed by atoms with Gasteiger partial charge in [0.25, 0.3) is 5.56 Å². The van der Waals surface area contributed by atoms with E-state index in [4.69, 9.17) is 32.9 Å². The Labute approximate surface area is 187 Å². The molecular formula is C23H18Cl2N2O2S. The van der Waals surface area contributed by atoms with E-state index in [0.29, 0.717) is 21.6 Å². The van der Waals surface area contributed by atoms with Crippen LogP contribution in [0.3, 0.4) is 0 Å². The van der Waals surface area contributed by atoms with Gasteiger partial charge in [-0.2, -0.15) is 0 Å². The molecule has 0 fully saturated rings. The highest BCUT2D eigenvalue weighted by Crippen LogP contribution is 2.35. The number of fused-ring (bicyclic) bond motifs is 3. The molecule has 4 aromatic rings. The van der Waals surface area contributed by atoms with E-state index >= 15 is 0 Å². The number of halogens is 2. The molecule has 0 spiro atoms. The molecule has 152 valence electrons. The highest BCUT2D eigenvalue weighted by Gasteiger charge is 2.21. The van der Waals surface area contributed by atoms with Crippen LogP contribution in [0.5, 0.6) is 5.75 Å². The standard InChI is InChI=1S/C23H18Cl2N2O2S/c24-14-10-9-13(17(25)11-14)12-29-18-7-3-1-5-15(18)21-26-22(28)20-16-6-2-4-8-19(16)30-23(20)27-21/h1,3,5,7,9-11H,2,4,6,8,12H2,(H,26,27,28). The molecule has 0 bridgehead atoms. The van der Waals surface area contributed by atoms with Gasteiger partial charge in [0.2, 0.25) is 0 Å². The highest BCUT2D eigenvalue weighted by molar-refractivity contribution is 7.18. The van der Waals surface area contributed by atoms with Gasteiger partial charge in [-0.25, -0.2) is 4.98 Å². The summed E-state index contributed by atoms with van der Waals surface area (Å²) in [4.78, 5) is 22.8. The number of hydrogen-bond donors (Lipinski definition) is 1. The molecule has 0 atom stereocenters. The summed E-state index contributed by atoms with van der Waals surface area (Å²) in [5.41, 5.74) is 2.68. The predicted molar refractivity (Wildman–Crippen MR) is 123 cm³/mol. The van der Waals surface area contributed by atoms with Gasteiger partial charge < -0.3 is 9.72 Å². The molecule has 1 aliphatic carbocycles. The average molecular weight is 457 g/mol. The Bertz CT molecular complexity index is 1310. The monoisotopic (exact) mass is 456 g/mol. The van der Waals surface area contributed by atoms with Crippen LogP contribution in [0.25, 0.3) is 21.6 Å². The molecule has 0 saturated heterocycles. The van der Waals surface area contributed by atoms with Gasteiger partial charge in [0.15, 0.2) is 0 Å². The van der Waals surface area contributed by atoms with Crippen molar-refractivity contribution in [3.05, 3.63) is 78.9 Å². The van der Waals surface area contributed by atoms with E-state index in [2.05, 4.69) is 4.98 Å². The van der Waals surface area contributed by atoms with E-state index in [1.54, 1.807) is 23.5 Å². The summed E-state index contributed by atoms with van der Waals surface area (Å²) in [7, 11) is 0. The van der Waals surface area contributed by atoms with Crippen LogP contribution < -0.4 is 10.3 Å². The lowest BCUT2D eigenvalue weighted by molar-refractivity contribution is 0.307. The lowest BCUT2D eigenvalue weighted by Crippen LogP contribution is -2.11. The van der Waals surface area contributed by atoms with Gasteiger partial charge in [0.05, 0.1) is 10.9 Å². The van der Waals surface area contributed by atoms with E-state index in [-0.39, 0.29) is 12.2 Å². The van der Waals surface area contributed by atoms with Gasteiger partial charge in [-0.15, -0.1) is 11.3 Å². The molecule has 30 heavy (non-hydrogen) atoms. The maximum atomic E-state index is 12.9. The number of thiophene rings is 1. The highest BCUT2D eigenvalue weighted by atomic mass is 35.5. The molecule has 2 aromatic carbocycles. The first kappa shape index (κ1) is 19.6. The third kappa shape index (κ3) is 3.62. The number of aromatic amines is 1. The van der Waals surface area contributed by atoms with E-state index in [0.717, 1.165) is 40.6 Å². The summed E-state index contributed by atoms with van der Waals surface area (Å²) in [6, 6.07) is 12.9. The molecule has 1 N–H and O–H groups in total. The molecule has 0 amide bonds. The van der Waals surface area contributed by atoms with Crippen LogP contribution in [0.2, 0.25) is 10.0 Å². The quantitative estimate of drug-likeness (QED) is 0.385. The molecule has 0 aliphatic heterocycles. The van der Waals surface area contributed by atoms with Crippen LogP contribution in [0.15, 0.2) is 47.3 Å². The Morgan fingerprint density at radius 1 is 1.10 bits per heavy atom. The van der Waals surface area contributed by atoms with Crippen LogP contribution >= 0.6 is 34.5 Å². The maximum Gasteiger partial charge on any atom is 0.260 e. The largest absolute Gasteiger partial charge is 0.488 e. The number of nitrogens with one attached hydrogen (secondary N) is 1. The van der Waals surface area contributed by atoms with Crippen molar-refractivity contribution in [1.29, 1.82) is 0 Å². The Morgan fingerprint density at radius 2 is 1.93 bits per heavy atom. The van der Waals surface area contributed by atoms with Gasteiger partial charge in [-0.05, 0) is 55.5 Å². The fourth-order valence-electron chi connectivity index (χ4n) is 3.87. The molecule has 0 unspecified atom stereocenters. The van der Waals surface area contributed by atoms with E-state index in [1.165, 1.54) is 16.9 Å². The molecule has 1 aliphatic rings. The first-order chi connectivity index (χ1) is 14.6. The zero-order valence-electron chi connectivity index (χ0n) is 16.0. The second kappa shape index (κ2) is 8.06. The third-order valence-electron chi connectivity index (χ3n) is 5.37. The van der Waals surface area contributed by atoms with E-state index < -0.39 is 0 Å². The Hall–Kier alpha value is -2.34. The van der Waals surface area contributed by atoms with Crippen LogP contribution in [0.4, 0.5) is 0 Å². The number of hydrogen-bond acceptors (Lipinski definition) is 4. The lowest BCUT2D eigenvalue weighted by Gasteiger charge is -2.12. The molecule has 0 radical (unpaired) electrons. The lowest BCUT2D eigenvalue weighted by atomic mass is 9.97. The zero-order valence-corrected chi connectivity index (χ0v) is 18.3. The SMILES string of the molecule is O=c1[nH]c(-c2ccccc2OCc2ccc(Cl)cc2Cl)nc2sc3c(c12)CCCC3. The van der Waals surface area contributed by atoms with Crippen molar-refractivity contribution >= 4 is 44.8 Å². The molecule has 5 rings (SSSR count). The Morgan fingerprint density at radius 3 is 2.80 bits per heavy atom. The van der Waals surface area contributed by atoms with Crippen molar-refractivity contribution in [3.8, 4) is 17.1 Å². The number of benzene rings is 2. The number of aromatic nitrogens is 2. The van der Waals surface area contributed by atoms with Gasteiger partial charge in [0.1, 0.15) is 23.0 Å². The number of para-hydroxylation sites is 1. The van der Waals surface area contributed by atoms with Crippen LogP contribution in [-0.2, 0) is 19.4 Å². The normalized spacial score (nSPS) is 13.4. The van der Waals surface area contributed by atoms with Gasteiger partial charge >= 0.3 is 0 Å². The van der Waals surface area contributed by atoms with Gasteiger partial charge in [-0.1, -0.05) is 41.4 Å². The van der Waals surface area contributed by atoms with Crippen molar-refractivity contribution in [2.45, 2.75) is 32.3 Å². The molecule has 4 nitrogen and oxygen atoms in total. The Kier molecular flexibility index (Phi) is 5.27. The first-order valence-corrected chi connectivity index (χ1v) is 11.4. The summed E-state index contributed by atoms with van der Waals surface area (Å²) in [6.45, 7) is 0.285. The second-order valence-corrected chi connectivity index (χ2v) is 9.25. The van der Waals surface area contributed by atoms with Crippen molar-refractivity contribution in [3.63, 3.8) is 0 Å². The molecule has 2 heterocycles. The van der Waals surface area contributed by atoms with Crippen LogP contribution in [0.1, 0.15) is 28.8 Å². The second-order valence-electron chi connectivity index (χ2n) is 7.33. The first-order valence-electron chi connectivity index (χ1n) is 9.81. The summed E-state index contributed by atoms with van der Waals surface area (Å²) >= 11 is 13.9. The van der Waals surface area contributed by atoms with Crippen molar-refractivity contribution in [1.82, 2.24) is 9.97 Å². The number of rotatable bonds is 4. The molecular weight excluding hydrogens is 439 g/mol. The minimum Gasteiger partial charge on any atom is -0.488 e. The summed E-state index contributed by atoms with van der Waals surface area (Å²) in [6.07, 6.45) is 4.30.